The summed E-state index contributed by atoms with van der Waals surface area (Å²) in [5, 5.41) is 0. The summed E-state index contributed by atoms with van der Waals surface area (Å²) in [5.74, 6) is 1.59. The van der Waals surface area contributed by atoms with Gasteiger partial charge in [-0.3, -0.25) is 4.79 Å². The Bertz CT molecular complexity index is 717. The van der Waals surface area contributed by atoms with Gasteiger partial charge in [0.05, 0.1) is 4.47 Å². The van der Waals surface area contributed by atoms with E-state index in [0.29, 0.717) is 24.5 Å². The van der Waals surface area contributed by atoms with Gasteiger partial charge in [0.25, 0.3) is 0 Å². The van der Waals surface area contributed by atoms with Crippen molar-refractivity contribution in [2.45, 2.75) is 33.1 Å². The molecule has 0 aliphatic carbocycles. The third kappa shape index (κ3) is 4.84. The largest absolute Gasteiger partial charge is 0.490 e. The molecule has 0 aromatic heterocycles. The summed E-state index contributed by atoms with van der Waals surface area (Å²) in [6.45, 7) is 9.50. The highest BCUT2D eigenvalue weighted by atomic mass is 79.9. The van der Waals surface area contributed by atoms with E-state index in [1.807, 2.05) is 6.07 Å². The lowest BCUT2D eigenvalue weighted by molar-refractivity contribution is 0.112. The molecule has 2 rings (SSSR count). The number of halogens is 1. The minimum Gasteiger partial charge on any atom is -0.490 e. The van der Waals surface area contributed by atoms with Crippen LogP contribution < -0.4 is 9.47 Å². The Balaban J connectivity index is 1.97. The first-order chi connectivity index (χ1) is 11.3. The molecule has 0 spiro atoms. The van der Waals surface area contributed by atoms with E-state index >= 15 is 0 Å². The van der Waals surface area contributed by atoms with Gasteiger partial charge in [0, 0.05) is 5.56 Å². The molecule has 0 aliphatic heterocycles. The third-order valence-electron chi connectivity index (χ3n) is 3.63. The maximum Gasteiger partial charge on any atom is 0.150 e. The highest BCUT2D eigenvalue weighted by Crippen LogP contribution is 2.32. The number of aldehydes is 1. The molecule has 0 N–H and O–H groups in total. The standard InChI is InChI=1S/C20H23BrO3/c1-14-5-7-18(16(11-14)20(2,3)4)23-9-10-24-19-8-6-15(13-22)12-17(19)21/h5-8,11-13H,9-10H2,1-4H3. The molecule has 2 aromatic carbocycles. The lowest BCUT2D eigenvalue weighted by Gasteiger charge is -2.23. The first-order valence-electron chi connectivity index (χ1n) is 7.93. The van der Waals surface area contributed by atoms with Crippen LogP contribution in [0.3, 0.4) is 0 Å². The molecule has 0 fully saturated rings. The van der Waals surface area contributed by atoms with Crippen molar-refractivity contribution in [2.75, 3.05) is 13.2 Å². The second kappa shape index (κ2) is 7.84. The Kier molecular flexibility index (Phi) is 6.05. The summed E-state index contributed by atoms with van der Waals surface area (Å²) in [6.07, 6.45) is 0.809. The lowest BCUT2D eigenvalue weighted by Crippen LogP contribution is -2.16. The van der Waals surface area contributed by atoms with Crippen LogP contribution in [-0.2, 0) is 5.41 Å². The minimum atomic E-state index is 0.0237. The van der Waals surface area contributed by atoms with Crippen LogP contribution in [0.15, 0.2) is 40.9 Å². The van der Waals surface area contributed by atoms with Gasteiger partial charge < -0.3 is 9.47 Å². The molecule has 0 unspecified atom stereocenters. The van der Waals surface area contributed by atoms with Crippen molar-refractivity contribution < 1.29 is 14.3 Å². The Labute approximate surface area is 152 Å². The number of hydrogen-bond donors (Lipinski definition) is 0. The van der Waals surface area contributed by atoms with Gasteiger partial charge in [0.2, 0.25) is 0 Å². The number of rotatable bonds is 6. The topological polar surface area (TPSA) is 35.5 Å². The van der Waals surface area contributed by atoms with Crippen LogP contribution in [0.5, 0.6) is 11.5 Å². The van der Waals surface area contributed by atoms with Crippen molar-refractivity contribution in [1.29, 1.82) is 0 Å². The SMILES string of the molecule is Cc1ccc(OCCOc2ccc(C=O)cc2Br)c(C(C)(C)C)c1. The molecule has 4 heteroatoms. The van der Waals surface area contributed by atoms with Gasteiger partial charge in [-0.15, -0.1) is 0 Å². The summed E-state index contributed by atoms with van der Waals surface area (Å²) in [5.41, 5.74) is 3.05. The quantitative estimate of drug-likeness (QED) is 0.494. The number of carbonyl (C=O) groups excluding carboxylic acids is 1. The predicted molar refractivity (Wildman–Crippen MR) is 100 cm³/mol. The molecule has 24 heavy (non-hydrogen) atoms. The summed E-state index contributed by atoms with van der Waals surface area (Å²) in [6, 6.07) is 11.5. The summed E-state index contributed by atoms with van der Waals surface area (Å²) in [7, 11) is 0. The van der Waals surface area contributed by atoms with Crippen molar-refractivity contribution >= 4 is 22.2 Å². The van der Waals surface area contributed by atoms with Crippen LogP contribution >= 0.6 is 15.9 Å². The number of benzene rings is 2. The first kappa shape index (κ1) is 18.5. The number of ether oxygens (including phenoxy) is 2. The van der Waals surface area contributed by atoms with E-state index < -0.39 is 0 Å². The third-order valence-corrected chi connectivity index (χ3v) is 4.25. The fraction of sp³-hybridized carbons (Fsp3) is 0.350. The number of hydrogen-bond acceptors (Lipinski definition) is 3. The molecule has 0 bridgehead atoms. The second-order valence-corrected chi connectivity index (χ2v) is 7.61. The summed E-state index contributed by atoms with van der Waals surface area (Å²) in [4.78, 5) is 10.7. The van der Waals surface area contributed by atoms with Crippen LogP contribution in [0.2, 0.25) is 0 Å². The Hall–Kier alpha value is -1.81. The van der Waals surface area contributed by atoms with Gasteiger partial charge >= 0.3 is 0 Å². The lowest BCUT2D eigenvalue weighted by atomic mass is 9.85. The van der Waals surface area contributed by atoms with Gasteiger partial charge in [-0.1, -0.05) is 38.5 Å². The van der Waals surface area contributed by atoms with E-state index in [-0.39, 0.29) is 5.41 Å². The molecule has 0 amide bonds. The van der Waals surface area contributed by atoms with Crippen molar-refractivity contribution in [1.82, 2.24) is 0 Å². The van der Waals surface area contributed by atoms with Gasteiger partial charge in [-0.25, -0.2) is 0 Å². The zero-order valence-corrected chi connectivity index (χ0v) is 16.1. The van der Waals surface area contributed by atoms with E-state index in [4.69, 9.17) is 9.47 Å². The zero-order valence-electron chi connectivity index (χ0n) is 14.6. The van der Waals surface area contributed by atoms with E-state index in [1.165, 1.54) is 11.1 Å². The fourth-order valence-electron chi connectivity index (χ4n) is 2.37. The monoisotopic (exact) mass is 390 g/mol. The molecule has 128 valence electrons. The maximum absolute atomic E-state index is 10.7. The minimum absolute atomic E-state index is 0.0237. The summed E-state index contributed by atoms with van der Waals surface area (Å²) < 4.78 is 12.4. The Morgan fingerprint density at radius 3 is 2.21 bits per heavy atom. The second-order valence-electron chi connectivity index (χ2n) is 6.75. The molecular formula is C20H23BrO3. The average molecular weight is 391 g/mol. The molecule has 2 aromatic rings. The summed E-state index contributed by atoms with van der Waals surface area (Å²) >= 11 is 3.41. The maximum atomic E-state index is 10.7. The van der Waals surface area contributed by atoms with E-state index in [2.05, 4.69) is 55.8 Å². The van der Waals surface area contributed by atoms with Gasteiger partial charge in [-0.2, -0.15) is 0 Å². The zero-order chi connectivity index (χ0) is 17.7. The van der Waals surface area contributed by atoms with Gasteiger partial charge in [-0.05, 0) is 58.1 Å². The van der Waals surface area contributed by atoms with Crippen molar-refractivity contribution in [2.24, 2.45) is 0 Å². The van der Waals surface area contributed by atoms with Crippen molar-refractivity contribution in [3.63, 3.8) is 0 Å². The van der Waals surface area contributed by atoms with Crippen LogP contribution in [0, 0.1) is 6.92 Å². The smallest absolute Gasteiger partial charge is 0.150 e. The Morgan fingerprint density at radius 2 is 1.62 bits per heavy atom. The fourth-order valence-corrected chi connectivity index (χ4v) is 2.88. The van der Waals surface area contributed by atoms with E-state index in [9.17, 15) is 4.79 Å². The van der Waals surface area contributed by atoms with Crippen LogP contribution in [0.25, 0.3) is 0 Å². The molecule has 3 nitrogen and oxygen atoms in total. The highest BCUT2D eigenvalue weighted by Gasteiger charge is 2.19. The molecular weight excluding hydrogens is 368 g/mol. The number of aryl methyl sites for hydroxylation is 1. The first-order valence-corrected chi connectivity index (χ1v) is 8.72. The van der Waals surface area contributed by atoms with E-state index in [1.54, 1.807) is 18.2 Å². The van der Waals surface area contributed by atoms with Crippen molar-refractivity contribution in [3.05, 3.63) is 57.6 Å². The van der Waals surface area contributed by atoms with Gasteiger partial charge in [0.15, 0.2) is 0 Å². The van der Waals surface area contributed by atoms with Crippen LogP contribution in [-0.4, -0.2) is 19.5 Å². The average Bonchev–Trinajstić information content (AvgIpc) is 2.52. The molecule has 0 heterocycles. The Morgan fingerprint density at radius 1 is 1.00 bits per heavy atom. The molecule has 0 saturated carbocycles. The van der Waals surface area contributed by atoms with Gasteiger partial charge in [0.1, 0.15) is 31.0 Å². The highest BCUT2D eigenvalue weighted by molar-refractivity contribution is 9.10. The molecule has 0 radical (unpaired) electrons. The number of carbonyl (C=O) groups is 1. The molecule has 0 aliphatic rings. The van der Waals surface area contributed by atoms with E-state index in [0.717, 1.165) is 16.5 Å². The normalized spacial score (nSPS) is 11.2. The molecule has 0 saturated heterocycles. The van der Waals surface area contributed by atoms with Crippen molar-refractivity contribution in [3.8, 4) is 11.5 Å². The van der Waals surface area contributed by atoms with Crippen LogP contribution in [0.1, 0.15) is 42.3 Å². The predicted octanol–water partition coefficient (Wildman–Crippen LogP) is 5.33. The van der Waals surface area contributed by atoms with Crippen LogP contribution in [0.4, 0.5) is 0 Å². The molecule has 0 atom stereocenters.